The number of aromatic nitrogens is 2. The van der Waals surface area contributed by atoms with Crippen molar-refractivity contribution >= 4 is 0 Å². The Balaban J connectivity index is 1.42. The Morgan fingerprint density at radius 1 is 0.939 bits per heavy atom. The first kappa shape index (κ1) is 22.2. The number of hydrogen-bond donors (Lipinski definition) is 2. The van der Waals surface area contributed by atoms with E-state index in [9.17, 15) is 9.59 Å². The normalized spacial score (nSPS) is 10.8. The van der Waals surface area contributed by atoms with Crippen molar-refractivity contribution in [3.63, 3.8) is 0 Å². The molecule has 8 heteroatoms. The fourth-order valence-corrected chi connectivity index (χ4v) is 3.48. The number of H-pyrrole nitrogens is 1. The molecule has 0 amide bonds. The molecule has 0 aliphatic carbocycles. The molecule has 0 saturated heterocycles. The van der Waals surface area contributed by atoms with E-state index in [-0.39, 0.29) is 19.8 Å². The van der Waals surface area contributed by atoms with E-state index < -0.39 is 11.4 Å². The highest BCUT2D eigenvalue weighted by Gasteiger charge is 2.08. The molecule has 170 valence electrons. The zero-order valence-corrected chi connectivity index (χ0v) is 18.1. The molecule has 2 N–H and O–H groups in total. The zero-order valence-electron chi connectivity index (χ0n) is 18.1. The molecular weight excluding hydrogens is 424 g/mol. The number of aliphatic hydroxyl groups excluding tert-OH is 1. The molecule has 0 spiro atoms. The number of ether oxygens (including phenoxy) is 2. The minimum atomic E-state index is -0.775. The van der Waals surface area contributed by atoms with Gasteiger partial charge in [0, 0.05) is 0 Å². The summed E-state index contributed by atoms with van der Waals surface area (Å²) in [7, 11) is 0. The third-order valence-electron chi connectivity index (χ3n) is 5.24. The lowest BCUT2D eigenvalue weighted by atomic mass is 9.97. The molecule has 0 saturated carbocycles. The Morgan fingerprint density at radius 2 is 1.64 bits per heavy atom. The van der Waals surface area contributed by atoms with E-state index in [1.807, 2.05) is 60.7 Å². The fraction of sp³-hybridized carbons (Fsp3) is 0.200. The third kappa shape index (κ3) is 5.42. The van der Waals surface area contributed by atoms with Crippen LogP contribution >= 0.6 is 0 Å². The van der Waals surface area contributed by atoms with Gasteiger partial charge in [-0.05, 0) is 59.0 Å². The first-order valence-corrected chi connectivity index (χ1v) is 10.5. The van der Waals surface area contributed by atoms with Gasteiger partial charge in [0.1, 0.15) is 24.7 Å². The second kappa shape index (κ2) is 10.1. The van der Waals surface area contributed by atoms with E-state index in [4.69, 9.17) is 19.1 Å². The van der Waals surface area contributed by atoms with Crippen molar-refractivity contribution in [3.05, 3.63) is 104 Å². The number of hydrogen-bond acceptors (Lipinski definition) is 6. The molecule has 0 aliphatic rings. The van der Waals surface area contributed by atoms with Crippen LogP contribution in [0.4, 0.5) is 0 Å². The van der Waals surface area contributed by atoms with Gasteiger partial charge >= 0.3 is 11.4 Å². The smallest absolute Gasteiger partial charge is 0.440 e. The van der Waals surface area contributed by atoms with E-state index in [0.29, 0.717) is 12.4 Å². The summed E-state index contributed by atoms with van der Waals surface area (Å²) in [5.41, 5.74) is 4.60. The molecule has 33 heavy (non-hydrogen) atoms. The predicted molar refractivity (Wildman–Crippen MR) is 123 cm³/mol. The third-order valence-corrected chi connectivity index (χ3v) is 5.24. The Bertz CT molecular complexity index is 1320. The number of benzene rings is 3. The van der Waals surface area contributed by atoms with Gasteiger partial charge in [0.15, 0.2) is 0 Å². The lowest BCUT2D eigenvalue weighted by Gasteiger charge is -2.14. The van der Waals surface area contributed by atoms with Gasteiger partial charge in [0.2, 0.25) is 0 Å². The standard InChI is InChI=1S/C25H24N2O6/c1-17-20(3-2-4-23(17)19-7-11-21(12-8-19)31-14-13-28)16-32-22-9-5-18(6-10-22)15-27-24(29)26-25(30)33-27/h2-12,28H,13-16H2,1H3,(H,26,29,30). The van der Waals surface area contributed by atoms with Crippen LogP contribution in [0.15, 0.2) is 80.8 Å². The van der Waals surface area contributed by atoms with E-state index in [1.54, 1.807) is 0 Å². The molecule has 1 heterocycles. The van der Waals surface area contributed by atoms with E-state index in [0.717, 1.165) is 38.3 Å². The Labute approximate surface area is 189 Å². The molecular formula is C25H24N2O6. The van der Waals surface area contributed by atoms with Gasteiger partial charge in [0.05, 0.1) is 13.2 Å². The molecule has 1 aromatic heterocycles. The maximum absolute atomic E-state index is 11.6. The summed E-state index contributed by atoms with van der Waals surface area (Å²) < 4.78 is 17.2. The highest BCUT2D eigenvalue weighted by atomic mass is 16.5. The number of rotatable bonds is 9. The molecule has 0 atom stereocenters. The van der Waals surface area contributed by atoms with Gasteiger partial charge < -0.3 is 19.1 Å². The molecule has 0 bridgehead atoms. The molecule has 0 unspecified atom stereocenters. The molecule has 4 rings (SSSR count). The van der Waals surface area contributed by atoms with Crippen molar-refractivity contribution in [2.45, 2.75) is 20.1 Å². The van der Waals surface area contributed by atoms with E-state index >= 15 is 0 Å². The molecule has 8 nitrogen and oxygen atoms in total. The van der Waals surface area contributed by atoms with Gasteiger partial charge in [-0.25, -0.2) is 14.6 Å². The van der Waals surface area contributed by atoms with Crippen LogP contribution in [0.1, 0.15) is 16.7 Å². The molecule has 0 fully saturated rings. The van der Waals surface area contributed by atoms with Crippen LogP contribution in [0.25, 0.3) is 11.1 Å². The zero-order chi connectivity index (χ0) is 23.2. The lowest BCUT2D eigenvalue weighted by Crippen LogP contribution is -2.17. The second-order valence-electron chi connectivity index (χ2n) is 7.46. The monoisotopic (exact) mass is 448 g/mol. The van der Waals surface area contributed by atoms with Crippen LogP contribution in [0, 0.1) is 6.92 Å². The second-order valence-corrected chi connectivity index (χ2v) is 7.46. The number of aromatic amines is 1. The van der Waals surface area contributed by atoms with Gasteiger partial charge in [-0.15, -0.1) is 4.74 Å². The number of nitrogens with zero attached hydrogens (tertiary/aromatic N) is 1. The maximum Gasteiger partial charge on any atom is 0.440 e. The predicted octanol–water partition coefficient (Wildman–Crippen LogP) is 3.10. The van der Waals surface area contributed by atoms with Crippen LogP contribution in [-0.2, 0) is 13.2 Å². The van der Waals surface area contributed by atoms with Gasteiger partial charge in [0.25, 0.3) is 0 Å². The summed E-state index contributed by atoms with van der Waals surface area (Å²) in [5, 5.41) is 8.88. The molecule has 3 aromatic carbocycles. The number of nitrogens with one attached hydrogen (secondary N) is 1. The summed E-state index contributed by atoms with van der Waals surface area (Å²) in [6, 6.07) is 21.1. The van der Waals surface area contributed by atoms with Crippen molar-refractivity contribution in [1.82, 2.24) is 9.72 Å². The van der Waals surface area contributed by atoms with Crippen LogP contribution in [0.3, 0.4) is 0 Å². The Hall–Kier alpha value is -4.04. The highest BCUT2D eigenvalue weighted by Crippen LogP contribution is 2.28. The topological polar surface area (TPSA) is 107 Å². The van der Waals surface area contributed by atoms with Crippen LogP contribution in [0.5, 0.6) is 11.5 Å². The van der Waals surface area contributed by atoms with Gasteiger partial charge in [-0.2, -0.15) is 0 Å². The lowest BCUT2D eigenvalue weighted by molar-refractivity contribution is 0.201. The molecule has 0 aliphatic heterocycles. The summed E-state index contributed by atoms with van der Waals surface area (Å²) in [6.45, 7) is 2.88. The van der Waals surface area contributed by atoms with Gasteiger partial charge in [-0.3, -0.25) is 0 Å². The average molecular weight is 448 g/mol. The van der Waals surface area contributed by atoms with Crippen molar-refractivity contribution < 1.29 is 19.1 Å². The summed E-state index contributed by atoms with van der Waals surface area (Å²) in [4.78, 5) is 24.7. The Morgan fingerprint density at radius 3 is 2.30 bits per heavy atom. The van der Waals surface area contributed by atoms with Crippen LogP contribution in [-0.4, -0.2) is 28.0 Å². The summed E-state index contributed by atoms with van der Waals surface area (Å²) >= 11 is 0. The van der Waals surface area contributed by atoms with Crippen molar-refractivity contribution in [2.24, 2.45) is 0 Å². The minimum absolute atomic E-state index is 0.0172. The van der Waals surface area contributed by atoms with Crippen molar-refractivity contribution in [1.29, 1.82) is 0 Å². The van der Waals surface area contributed by atoms with Crippen LogP contribution in [0.2, 0.25) is 0 Å². The average Bonchev–Trinajstić information content (AvgIpc) is 3.14. The summed E-state index contributed by atoms with van der Waals surface area (Å²) in [5.74, 6) is 0.636. The minimum Gasteiger partial charge on any atom is -0.491 e. The van der Waals surface area contributed by atoms with E-state index in [1.165, 1.54) is 0 Å². The highest BCUT2D eigenvalue weighted by molar-refractivity contribution is 5.69. The largest absolute Gasteiger partial charge is 0.491 e. The summed E-state index contributed by atoms with van der Waals surface area (Å²) in [6.07, 6.45) is 0. The SMILES string of the molecule is Cc1c(COc2ccc(Cn3oc(=O)[nH]c3=O)cc2)cccc1-c1ccc(OCCO)cc1. The fourth-order valence-electron chi connectivity index (χ4n) is 3.48. The van der Waals surface area contributed by atoms with Gasteiger partial charge in [-0.1, -0.05) is 42.5 Å². The quantitative estimate of drug-likeness (QED) is 0.408. The Kier molecular flexibility index (Phi) is 6.75. The number of aliphatic hydroxyl groups is 1. The maximum atomic E-state index is 11.6. The molecule has 4 aromatic rings. The first-order valence-electron chi connectivity index (χ1n) is 10.5. The van der Waals surface area contributed by atoms with Crippen molar-refractivity contribution in [3.8, 4) is 22.6 Å². The first-order chi connectivity index (χ1) is 16.0. The van der Waals surface area contributed by atoms with E-state index in [2.05, 4.69) is 18.0 Å². The van der Waals surface area contributed by atoms with Crippen LogP contribution < -0.4 is 20.9 Å². The molecule has 0 radical (unpaired) electrons. The van der Waals surface area contributed by atoms with Crippen molar-refractivity contribution in [2.75, 3.05) is 13.2 Å².